The Morgan fingerprint density at radius 1 is 1.50 bits per heavy atom. The molecule has 0 aliphatic rings. The fourth-order valence-electron chi connectivity index (χ4n) is 0.348. The highest BCUT2D eigenvalue weighted by Gasteiger charge is 2.16. The van der Waals surface area contributed by atoms with Crippen LogP contribution in [0.1, 0.15) is 20.8 Å². The Kier molecular flexibility index (Phi) is 3.15. The van der Waals surface area contributed by atoms with E-state index < -0.39 is 11.8 Å². The molecule has 60 valence electrons. The Balaban J connectivity index is 3.58. The number of nitrogens with two attached hydrogens (primary N) is 1. The summed E-state index contributed by atoms with van der Waals surface area (Å²) in [5, 5.41) is 0. The van der Waals surface area contributed by atoms with Crippen LogP contribution in [0.25, 0.3) is 0 Å². The van der Waals surface area contributed by atoms with E-state index in [1.54, 1.807) is 20.8 Å². The fraction of sp³-hybridized carbons (Fsp3) is 0.833. The largest absolute Gasteiger partial charge is 0.510 e. The van der Waals surface area contributed by atoms with Gasteiger partial charge in [0.1, 0.15) is 12.3 Å². The molecule has 0 amide bonds. The molecule has 4 nitrogen and oxygen atoms in total. The van der Waals surface area contributed by atoms with Gasteiger partial charge in [-0.2, -0.15) is 0 Å². The Morgan fingerprint density at radius 3 is 2.30 bits per heavy atom. The first-order chi connectivity index (χ1) is 4.45. The van der Waals surface area contributed by atoms with Crippen LogP contribution in [0.2, 0.25) is 0 Å². The minimum absolute atomic E-state index is 0.144. The Morgan fingerprint density at radius 2 is 2.00 bits per heavy atom. The second kappa shape index (κ2) is 3.41. The summed E-state index contributed by atoms with van der Waals surface area (Å²) in [6.07, 6.45) is -0.727. The maximum Gasteiger partial charge on any atom is 0.510 e. The lowest BCUT2D eigenvalue weighted by Gasteiger charge is -2.18. The van der Waals surface area contributed by atoms with Crippen molar-refractivity contribution in [1.29, 1.82) is 0 Å². The Bertz CT molecular complexity index is 117. The standard InChI is InChI=1S/C6H13NO3/c1-6(2,3)10-5(8)9-4-7/h4,7H2,1-3H3. The van der Waals surface area contributed by atoms with Gasteiger partial charge in [-0.15, -0.1) is 0 Å². The Hall–Kier alpha value is -0.770. The fourth-order valence-corrected chi connectivity index (χ4v) is 0.348. The summed E-state index contributed by atoms with van der Waals surface area (Å²) in [7, 11) is 0. The lowest BCUT2D eigenvalue weighted by molar-refractivity contribution is -0.00603. The van der Waals surface area contributed by atoms with Crippen LogP contribution >= 0.6 is 0 Å². The van der Waals surface area contributed by atoms with Gasteiger partial charge in [0.05, 0.1) is 0 Å². The van der Waals surface area contributed by atoms with Crippen LogP contribution in [-0.4, -0.2) is 18.5 Å². The van der Waals surface area contributed by atoms with Gasteiger partial charge in [-0.25, -0.2) is 4.79 Å². The third-order valence-corrected chi connectivity index (χ3v) is 0.591. The smallest absolute Gasteiger partial charge is 0.429 e. The van der Waals surface area contributed by atoms with Crippen molar-refractivity contribution in [2.45, 2.75) is 26.4 Å². The SMILES string of the molecule is CC(C)(C)OC(=O)OCN. The van der Waals surface area contributed by atoms with Crippen LogP contribution in [0.4, 0.5) is 4.79 Å². The van der Waals surface area contributed by atoms with Crippen molar-refractivity contribution in [2.24, 2.45) is 5.73 Å². The number of carbonyl (C=O) groups excluding carboxylic acids is 1. The molecule has 0 aromatic rings. The third kappa shape index (κ3) is 5.37. The van der Waals surface area contributed by atoms with Crippen LogP contribution in [0.15, 0.2) is 0 Å². The van der Waals surface area contributed by atoms with Crippen LogP contribution < -0.4 is 5.73 Å². The van der Waals surface area contributed by atoms with Crippen LogP contribution in [0.3, 0.4) is 0 Å². The summed E-state index contributed by atoms with van der Waals surface area (Å²) < 4.78 is 9.07. The van der Waals surface area contributed by atoms with Gasteiger partial charge in [-0.1, -0.05) is 0 Å². The molecule has 0 aliphatic carbocycles. The number of hydrogen-bond acceptors (Lipinski definition) is 4. The quantitative estimate of drug-likeness (QED) is 0.441. The molecule has 0 saturated carbocycles. The number of rotatable bonds is 1. The molecule has 0 rings (SSSR count). The van der Waals surface area contributed by atoms with E-state index in [2.05, 4.69) is 4.74 Å². The highest BCUT2D eigenvalue weighted by Crippen LogP contribution is 2.07. The molecule has 0 bridgehead atoms. The molecule has 0 fully saturated rings. The first-order valence-corrected chi connectivity index (χ1v) is 3.01. The van der Waals surface area contributed by atoms with Crippen LogP contribution in [0.5, 0.6) is 0 Å². The summed E-state index contributed by atoms with van der Waals surface area (Å²) in [5.74, 6) is 0. The summed E-state index contributed by atoms with van der Waals surface area (Å²) in [6, 6.07) is 0. The molecule has 0 atom stereocenters. The molecule has 0 saturated heterocycles. The highest BCUT2D eigenvalue weighted by molar-refractivity contribution is 5.60. The van der Waals surface area contributed by atoms with Gasteiger partial charge in [0.15, 0.2) is 0 Å². The maximum atomic E-state index is 10.5. The zero-order valence-electron chi connectivity index (χ0n) is 6.51. The minimum atomic E-state index is -0.727. The lowest BCUT2D eigenvalue weighted by atomic mass is 10.2. The summed E-state index contributed by atoms with van der Waals surface area (Å²) in [6.45, 7) is 5.12. The van der Waals surface area contributed by atoms with Gasteiger partial charge in [-0.05, 0) is 20.8 Å². The molecule has 0 heterocycles. The first-order valence-electron chi connectivity index (χ1n) is 3.01. The molecule has 0 aromatic heterocycles. The van der Waals surface area contributed by atoms with E-state index in [-0.39, 0.29) is 6.73 Å². The van der Waals surface area contributed by atoms with E-state index in [9.17, 15) is 4.79 Å². The monoisotopic (exact) mass is 147 g/mol. The molecule has 0 aromatic carbocycles. The summed E-state index contributed by atoms with van der Waals surface area (Å²) >= 11 is 0. The minimum Gasteiger partial charge on any atom is -0.429 e. The van der Waals surface area contributed by atoms with Crippen molar-refractivity contribution in [3.8, 4) is 0 Å². The maximum absolute atomic E-state index is 10.5. The van der Waals surface area contributed by atoms with Gasteiger partial charge >= 0.3 is 6.16 Å². The predicted octanol–water partition coefficient (Wildman–Crippen LogP) is 0.854. The molecular formula is C6H13NO3. The van der Waals surface area contributed by atoms with Gasteiger partial charge in [0, 0.05) is 0 Å². The van der Waals surface area contributed by atoms with E-state index in [1.165, 1.54) is 0 Å². The molecule has 10 heavy (non-hydrogen) atoms. The summed E-state index contributed by atoms with van der Waals surface area (Å²) in [5.41, 5.74) is 4.42. The molecule has 0 unspecified atom stereocenters. The molecular weight excluding hydrogens is 134 g/mol. The lowest BCUT2D eigenvalue weighted by Crippen LogP contribution is -2.25. The molecule has 4 heteroatoms. The van der Waals surface area contributed by atoms with E-state index in [4.69, 9.17) is 10.5 Å². The highest BCUT2D eigenvalue weighted by atomic mass is 16.7. The second-order valence-electron chi connectivity index (χ2n) is 2.78. The van der Waals surface area contributed by atoms with Crippen molar-refractivity contribution in [2.75, 3.05) is 6.73 Å². The van der Waals surface area contributed by atoms with E-state index in [0.29, 0.717) is 0 Å². The van der Waals surface area contributed by atoms with Crippen molar-refractivity contribution in [3.63, 3.8) is 0 Å². The zero-order valence-corrected chi connectivity index (χ0v) is 6.51. The van der Waals surface area contributed by atoms with Gasteiger partial charge < -0.3 is 9.47 Å². The van der Waals surface area contributed by atoms with Crippen molar-refractivity contribution < 1.29 is 14.3 Å². The third-order valence-electron chi connectivity index (χ3n) is 0.591. The number of hydrogen-bond donors (Lipinski definition) is 1. The number of ether oxygens (including phenoxy) is 2. The van der Waals surface area contributed by atoms with Crippen LogP contribution in [0, 0.1) is 0 Å². The Labute approximate surface area is 60.3 Å². The first kappa shape index (κ1) is 9.23. The average molecular weight is 147 g/mol. The van der Waals surface area contributed by atoms with E-state index >= 15 is 0 Å². The second-order valence-corrected chi connectivity index (χ2v) is 2.78. The van der Waals surface area contributed by atoms with Crippen LogP contribution in [-0.2, 0) is 9.47 Å². The normalized spacial score (nSPS) is 10.8. The van der Waals surface area contributed by atoms with Crippen molar-refractivity contribution in [3.05, 3.63) is 0 Å². The van der Waals surface area contributed by atoms with Gasteiger partial charge in [-0.3, -0.25) is 5.73 Å². The van der Waals surface area contributed by atoms with E-state index in [0.717, 1.165) is 0 Å². The topological polar surface area (TPSA) is 61.5 Å². The van der Waals surface area contributed by atoms with Gasteiger partial charge in [0.2, 0.25) is 0 Å². The van der Waals surface area contributed by atoms with Gasteiger partial charge in [0.25, 0.3) is 0 Å². The predicted molar refractivity (Wildman–Crippen MR) is 36.4 cm³/mol. The molecule has 0 radical (unpaired) electrons. The zero-order chi connectivity index (χ0) is 8.20. The van der Waals surface area contributed by atoms with Crippen molar-refractivity contribution in [1.82, 2.24) is 0 Å². The average Bonchev–Trinajstić information content (AvgIpc) is 1.59. The molecule has 2 N–H and O–H groups in total. The van der Waals surface area contributed by atoms with E-state index in [1.807, 2.05) is 0 Å². The molecule has 0 spiro atoms. The molecule has 0 aliphatic heterocycles. The number of carbonyl (C=O) groups is 1. The summed E-state index contributed by atoms with van der Waals surface area (Å²) in [4.78, 5) is 10.5. The van der Waals surface area contributed by atoms with Crippen molar-refractivity contribution >= 4 is 6.16 Å².